The minimum absolute atomic E-state index is 0.164. The van der Waals surface area contributed by atoms with Gasteiger partial charge in [0.15, 0.2) is 0 Å². The van der Waals surface area contributed by atoms with Crippen LogP contribution in [0.25, 0.3) is 11.1 Å². The number of aromatic nitrogens is 2. The molecule has 3 unspecified atom stereocenters. The fourth-order valence-electron chi connectivity index (χ4n) is 4.58. The van der Waals surface area contributed by atoms with Crippen molar-refractivity contribution in [2.45, 2.75) is 70.6 Å². The number of aryl methyl sites for hydroxylation is 1. The number of carbonyl (C=O) groups excluding carboxylic acids is 1. The lowest BCUT2D eigenvalue weighted by Crippen LogP contribution is -2.40. The number of anilines is 1. The molecule has 28 heavy (non-hydrogen) atoms. The number of nitrogens with two attached hydrogens (primary N) is 1. The Morgan fingerprint density at radius 3 is 2.75 bits per heavy atom. The summed E-state index contributed by atoms with van der Waals surface area (Å²) in [6, 6.07) is 6.52. The van der Waals surface area contributed by atoms with Gasteiger partial charge >= 0.3 is 6.09 Å². The summed E-state index contributed by atoms with van der Waals surface area (Å²) in [5.41, 5.74) is 9.72. The Labute approximate surface area is 166 Å². The zero-order valence-electron chi connectivity index (χ0n) is 17.0. The Hall–Kier alpha value is -2.63. The van der Waals surface area contributed by atoms with Crippen molar-refractivity contribution in [1.29, 1.82) is 0 Å². The van der Waals surface area contributed by atoms with Crippen molar-refractivity contribution in [1.82, 2.24) is 14.9 Å². The topological polar surface area (TPSA) is 81.3 Å². The van der Waals surface area contributed by atoms with Gasteiger partial charge in [0, 0.05) is 41.7 Å². The van der Waals surface area contributed by atoms with Crippen molar-refractivity contribution in [3.05, 3.63) is 41.9 Å². The minimum Gasteiger partial charge on any atom is -0.444 e. The number of ether oxygens (including phenoxy) is 1. The molecule has 1 amide bonds. The van der Waals surface area contributed by atoms with Crippen LogP contribution in [0, 0.1) is 6.92 Å². The maximum absolute atomic E-state index is 12.7. The van der Waals surface area contributed by atoms with E-state index in [1.807, 2.05) is 50.9 Å². The summed E-state index contributed by atoms with van der Waals surface area (Å²) in [4.78, 5) is 23.4. The first-order valence-electron chi connectivity index (χ1n) is 9.93. The molecule has 2 aliphatic rings. The van der Waals surface area contributed by atoms with Crippen molar-refractivity contribution in [2.24, 2.45) is 0 Å². The van der Waals surface area contributed by atoms with Crippen LogP contribution in [0.4, 0.5) is 10.6 Å². The maximum atomic E-state index is 12.7. The second kappa shape index (κ2) is 6.76. The van der Waals surface area contributed by atoms with Crippen molar-refractivity contribution >= 4 is 11.9 Å². The lowest BCUT2D eigenvalue weighted by Gasteiger charge is -2.28. The molecule has 2 N–H and O–H groups in total. The minimum atomic E-state index is -0.482. The average Bonchev–Trinajstić information content (AvgIpc) is 3.19. The number of nitrogens with zero attached hydrogens (tertiary/aromatic N) is 3. The molecule has 4 heterocycles. The number of rotatable bonds is 2. The Morgan fingerprint density at radius 1 is 1.25 bits per heavy atom. The van der Waals surface area contributed by atoms with Gasteiger partial charge in [-0.05, 0) is 76.3 Å². The number of amides is 1. The predicted molar refractivity (Wildman–Crippen MR) is 109 cm³/mol. The molecular weight excluding hydrogens is 352 g/mol. The summed E-state index contributed by atoms with van der Waals surface area (Å²) in [6.45, 7) is 7.69. The largest absolute Gasteiger partial charge is 0.444 e. The summed E-state index contributed by atoms with van der Waals surface area (Å²) in [7, 11) is 0. The van der Waals surface area contributed by atoms with E-state index in [0.29, 0.717) is 5.82 Å². The SMILES string of the molecule is Cc1cc(-c2cc(C3CC4CCC3N4C(=O)OC(C)(C)C)cnc2N)ccn1. The lowest BCUT2D eigenvalue weighted by molar-refractivity contribution is 0.0213. The standard InChI is InChI=1S/C22H28N4O2/c1-13-9-14(7-8-24-13)18-10-15(12-25-20(18)23)17-11-16-5-6-19(17)26(16)21(27)28-22(2,3)4/h7-10,12,16-17,19H,5-6,11H2,1-4H3,(H2,23,25). The third-order valence-electron chi connectivity index (χ3n) is 5.72. The van der Waals surface area contributed by atoms with Crippen LogP contribution in [0.2, 0.25) is 0 Å². The Kier molecular flexibility index (Phi) is 4.52. The highest BCUT2D eigenvalue weighted by Gasteiger charge is 2.50. The van der Waals surface area contributed by atoms with Crippen LogP contribution in [0.3, 0.4) is 0 Å². The number of hydrogen-bond acceptors (Lipinski definition) is 5. The van der Waals surface area contributed by atoms with Gasteiger partial charge < -0.3 is 15.4 Å². The molecule has 0 saturated carbocycles. The van der Waals surface area contributed by atoms with Gasteiger partial charge in [0.25, 0.3) is 0 Å². The molecule has 2 saturated heterocycles. The van der Waals surface area contributed by atoms with Crippen LogP contribution in [-0.2, 0) is 4.74 Å². The second-order valence-electron chi connectivity index (χ2n) is 8.92. The summed E-state index contributed by atoms with van der Waals surface area (Å²) < 4.78 is 5.66. The quantitative estimate of drug-likeness (QED) is 0.840. The van der Waals surface area contributed by atoms with Gasteiger partial charge in [-0.25, -0.2) is 9.78 Å². The third kappa shape index (κ3) is 3.43. The second-order valence-corrected chi connectivity index (χ2v) is 8.92. The number of fused-ring (bicyclic) bond motifs is 2. The van der Waals surface area contributed by atoms with Crippen molar-refractivity contribution < 1.29 is 9.53 Å². The van der Waals surface area contributed by atoms with Crippen LogP contribution in [-0.4, -0.2) is 38.6 Å². The molecular formula is C22H28N4O2. The molecule has 0 aliphatic carbocycles. The molecule has 2 aliphatic heterocycles. The summed E-state index contributed by atoms with van der Waals surface area (Å²) >= 11 is 0. The van der Waals surface area contributed by atoms with Gasteiger partial charge in [0.2, 0.25) is 0 Å². The van der Waals surface area contributed by atoms with Crippen LogP contribution >= 0.6 is 0 Å². The van der Waals surface area contributed by atoms with Gasteiger partial charge in [0.05, 0.1) is 0 Å². The first-order chi connectivity index (χ1) is 13.2. The highest BCUT2D eigenvalue weighted by atomic mass is 16.6. The molecule has 0 spiro atoms. The van der Waals surface area contributed by atoms with Gasteiger partial charge in [-0.3, -0.25) is 4.98 Å². The monoisotopic (exact) mass is 380 g/mol. The van der Waals surface area contributed by atoms with Crippen molar-refractivity contribution in [3.8, 4) is 11.1 Å². The number of nitrogen functional groups attached to an aromatic ring is 1. The first kappa shape index (κ1) is 18.7. The van der Waals surface area contributed by atoms with E-state index in [1.165, 1.54) is 0 Å². The van der Waals surface area contributed by atoms with Crippen LogP contribution in [0.5, 0.6) is 0 Å². The number of hydrogen-bond donors (Lipinski definition) is 1. The average molecular weight is 380 g/mol. The fraction of sp³-hybridized carbons (Fsp3) is 0.500. The number of carbonyl (C=O) groups is 1. The smallest absolute Gasteiger partial charge is 0.410 e. The van der Waals surface area contributed by atoms with E-state index in [1.54, 1.807) is 6.20 Å². The number of pyridine rings is 2. The van der Waals surface area contributed by atoms with E-state index >= 15 is 0 Å². The van der Waals surface area contributed by atoms with Gasteiger partial charge in [-0.1, -0.05) is 0 Å². The molecule has 148 valence electrons. The maximum Gasteiger partial charge on any atom is 0.410 e. The normalized spacial score (nSPS) is 23.9. The summed E-state index contributed by atoms with van der Waals surface area (Å²) in [5.74, 6) is 0.780. The van der Waals surface area contributed by atoms with E-state index in [9.17, 15) is 4.79 Å². The fourth-order valence-corrected chi connectivity index (χ4v) is 4.58. The zero-order valence-corrected chi connectivity index (χ0v) is 17.0. The first-order valence-corrected chi connectivity index (χ1v) is 9.93. The summed E-state index contributed by atoms with van der Waals surface area (Å²) in [5, 5.41) is 0. The molecule has 0 aromatic carbocycles. The third-order valence-corrected chi connectivity index (χ3v) is 5.72. The molecule has 3 atom stereocenters. The Morgan fingerprint density at radius 2 is 2.04 bits per heavy atom. The van der Waals surface area contributed by atoms with E-state index < -0.39 is 5.60 Å². The van der Waals surface area contributed by atoms with Gasteiger partial charge in [-0.2, -0.15) is 0 Å². The van der Waals surface area contributed by atoms with Gasteiger partial charge in [0.1, 0.15) is 11.4 Å². The van der Waals surface area contributed by atoms with Crippen LogP contribution < -0.4 is 5.73 Å². The van der Waals surface area contributed by atoms with Crippen LogP contribution in [0.15, 0.2) is 30.6 Å². The molecule has 4 rings (SSSR count). The van der Waals surface area contributed by atoms with Crippen molar-refractivity contribution in [3.63, 3.8) is 0 Å². The molecule has 2 aromatic rings. The molecule has 0 radical (unpaired) electrons. The Bertz CT molecular complexity index is 906. The molecule has 6 nitrogen and oxygen atoms in total. The Balaban J connectivity index is 1.62. The lowest BCUT2D eigenvalue weighted by atomic mass is 9.84. The highest BCUT2D eigenvalue weighted by molar-refractivity contribution is 5.75. The van der Waals surface area contributed by atoms with Crippen LogP contribution in [0.1, 0.15) is 57.2 Å². The van der Waals surface area contributed by atoms with E-state index in [2.05, 4.69) is 16.0 Å². The molecule has 6 heteroatoms. The summed E-state index contributed by atoms with van der Waals surface area (Å²) in [6.07, 6.45) is 6.45. The highest BCUT2D eigenvalue weighted by Crippen LogP contribution is 2.47. The van der Waals surface area contributed by atoms with Crippen molar-refractivity contribution in [2.75, 3.05) is 5.73 Å². The molecule has 2 aromatic heterocycles. The zero-order chi connectivity index (χ0) is 20.1. The van der Waals surface area contributed by atoms with Gasteiger partial charge in [-0.15, -0.1) is 0 Å². The van der Waals surface area contributed by atoms with E-state index in [0.717, 1.165) is 41.6 Å². The molecule has 2 fully saturated rings. The molecule has 2 bridgehead atoms. The predicted octanol–water partition coefficient (Wildman–Crippen LogP) is 4.29. The van der Waals surface area contributed by atoms with E-state index in [-0.39, 0.29) is 24.1 Å². The van der Waals surface area contributed by atoms with E-state index in [4.69, 9.17) is 10.5 Å².